The molecule has 3 heterocycles. The van der Waals surface area contributed by atoms with Crippen LogP contribution >= 0.6 is 0 Å². The molecule has 9 nitrogen and oxygen atoms in total. The lowest BCUT2D eigenvalue weighted by atomic mass is 10.0. The molecule has 0 saturated heterocycles. The van der Waals surface area contributed by atoms with E-state index in [0.717, 1.165) is 12.0 Å². The molecule has 3 aromatic heterocycles. The maximum Gasteiger partial charge on any atom is 0.287 e. The normalized spacial score (nSPS) is 11.6. The fraction of sp³-hybridized carbons (Fsp3) is 0.238. The second-order valence-corrected chi connectivity index (χ2v) is 6.65. The first-order valence-corrected chi connectivity index (χ1v) is 9.57. The number of amides is 2. The quantitative estimate of drug-likeness (QED) is 0.519. The lowest BCUT2D eigenvalue weighted by Crippen LogP contribution is -2.46. The summed E-state index contributed by atoms with van der Waals surface area (Å²) in [7, 11) is 0. The zero-order chi connectivity index (χ0) is 21.5. The van der Waals surface area contributed by atoms with Crippen LogP contribution in [-0.4, -0.2) is 43.4 Å². The van der Waals surface area contributed by atoms with Gasteiger partial charge in [0.25, 0.3) is 11.8 Å². The van der Waals surface area contributed by atoms with Crippen LogP contribution in [0.15, 0.2) is 55.1 Å². The number of nitrogens with two attached hydrogens (primary N) is 1. The zero-order valence-corrected chi connectivity index (χ0v) is 16.5. The second-order valence-electron chi connectivity index (χ2n) is 6.65. The number of carbonyl (C=O) groups excluding carboxylic acids is 3. The Balaban J connectivity index is 1.87. The molecule has 0 radical (unpaired) electrons. The third-order valence-electron chi connectivity index (χ3n) is 4.52. The maximum absolute atomic E-state index is 12.9. The smallest absolute Gasteiger partial charge is 0.287 e. The van der Waals surface area contributed by atoms with Gasteiger partial charge in [-0.1, -0.05) is 19.8 Å². The molecule has 0 aliphatic carbocycles. The summed E-state index contributed by atoms with van der Waals surface area (Å²) < 4.78 is 1.49. The van der Waals surface area contributed by atoms with E-state index in [1.165, 1.54) is 4.68 Å². The lowest BCUT2D eigenvalue weighted by Gasteiger charge is -2.17. The molecule has 3 aromatic rings. The first-order valence-electron chi connectivity index (χ1n) is 9.57. The van der Waals surface area contributed by atoms with Gasteiger partial charge in [-0.2, -0.15) is 5.10 Å². The van der Waals surface area contributed by atoms with E-state index in [9.17, 15) is 14.4 Å². The van der Waals surface area contributed by atoms with E-state index in [0.29, 0.717) is 24.4 Å². The molecule has 0 fully saturated rings. The number of Topliss-reactive ketones (excluding diaryl/α,β-unsaturated/α-hetero) is 1. The fourth-order valence-electron chi connectivity index (χ4n) is 2.96. The standard InChI is InChI=1S/C21H22N6O3/c1-2-3-6-17(18(28)19(22)29)25-21(30)15-5-4-10-24-20(15)27-13-9-16(26-27)14-7-11-23-12-8-14/h4-5,7-13,17H,2-3,6H2,1H3,(H2,22,29)(H,25,30). The minimum absolute atomic E-state index is 0.223. The van der Waals surface area contributed by atoms with E-state index in [4.69, 9.17) is 5.73 Å². The van der Waals surface area contributed by atoms with Crippen molar-refractivity contribution in [3.05, 3.63) is 60.7 Å². The second kappa shape index (κ2) is 9.55. The topological polar surface area (TPSA) is 133 Å². The Kier molecular flexibility index (Phi) is 6.63. The minimum atomic E-state index is -1.07. The van der Waals surface area contributed by atoms with Crippen molar-refractivity contribution >= 4 is 17.6 Å². The molecule has 9 heteroatoms. The van der Waals surface area contributed by atoms with Crippen LogP contribution in [0.1, 0.15) is 36.5 Å². The predicted octanol–water partition coefficient (Wildman–Crippen LogP) is 1.67. The number of primary amides is 1. The highest BCUT2D eigenvalue weighted by molar-refractivity contribution is 6.38. The van der Waals surface area contributed by atoms with E-state index < -0.39 is 23.6 Å². The van der Waals surface area contributed by atoms with Crippen molar-refractivity contribution in [2.75, 3.05) is 0 Å². The van der Waals surface area contributed by atoms with Gasteiger partial charge >= 0.3 is 0 Å². The van der Waals surface area contributed by atoms with Gasteiger partial charge < -0.3 is 11.1 Å². The Bertz CT molecular complexity index is 1050. The first kappa shape index (κ1) is 20.8. The molecule has 0 spiro atoms. The van der Waals surface area contributed by atoms with Gasteiger partial charge in [0.15, 0.2) is 5.82 Å². The Morgan fingerprint density at radius 3 is 2.60 bits per heavy atom. The van der Waals surface area contributed by atoms with E-state index in [-0.39, 0.29) is 5.56 Å². The van der Waals surface area contributed by atoms with Crippen LogP contribution in [0.5, 0.6) is 0 Å². The summed E-state index contributed by atoms with van der Waals surface area (Å²) in [5.74, 6) is -2.12. The van der Waals surface area contributed by atoms with Crippen molar-refractivity contribution in [2.24, 2.45) is 5.73 Å². The van der Waals surface area contributed by atoms with Gasteiger partial charge in [0.05, 0.1) is 17.3 Å². The Morgan fingerprint density at radius 2 is 1.90 bits per heavy atom. The number of ketones is 1. The van der Waals surface area contributed by atoms with Crippen LogP contribution in [0, 0.1) is 0 Å². The molecule has 0 aliphatic rings. The average Bonchev–Trinajstić information content (AvgIpc) is 3.26. The highest BCUT2D eigenvalue weighted by Gasteiger charge is 2.26. The summed E-state index contributed by atoms with van der Waals surface area (Å²) >= 11 is 0. The molecule has 3 rings (SSSR count). The zero-order valence-electron chi connectivity index (χ0n) is 16.5. The Morgan fingerprint density at radius 1 is 1.13 bits per heavy atom. The van der Waals surface area contributed by atoms with E-state index >= 15 is 0 Å². The van der Waals surface area contributed by atoms with Crippen LogP contribution in [0.3, 0.4) is 0 Å². The highest BCUT2D eigenvalue weighted by Crippen LogP contribution is 2.18. The van der Waals surface area contributed by atoms with Gasteiger partial charge in [0.2, 0.25) is 5.78 Å². The number of nitrogens with one attached hydrogen (secondary N) is 1. The van der Waals surface area contributed by atoms with Crippen LogP contribution in [0.4, 0.5) is 0 Å². The number of hydrogen-bond donors (Lipinski definition) is 2. The van der Waals surface area contributed by atoms with Gasteiger partial charge in [0.1, 0.15) is 0 Å². The van der Waals surface area contributed by atoms with Gasteiger partial charge in [-0.3, -0.25) is 19.4 Å². The van der Waals surface area contributed by atoms with E-state index in [2.05, 4.69) is 20.4 Å². The molecule has 30 heavy (non-hydrogen) atoms. The Labute approximate surface area is 173 Å². The average molecular weight is 406 g/mol. The van der Waals surface area contributed by atoms with Crippen molar-refractivity contribution in [3.63, 3.8) is 0 Å². The van der Waals surface area contributed by atoms with Gasteiger partial charge in [-0.05, 0) is 36.8 Å². The third kappa shape index (κ3) is 4.75. The molecule has 1 atom stereocenters. The molecular formula is C21H22N6O3. The highest BCUT2D eigenvalue weighted by atomic mass is 16.2. The molecule has 3 N–H and O–H groups in total. The first-order chi connectivity index (χ1) is 14.5. The minimum Gasteiger partial charge on any atom is -0.363 e. The Hall–Kier alpha value is -3.88. The predicted molar refractivity (Wildman–Crippen MR) is 110 cm³/mol. The summed E-state index contributed by atoms with van der Waals surface area (Å²) in [6.45, 7) is 1.95. The maximum atomic E-state index is 12.9. The fourth-order valence-corrected chi connectivity index (χ4v) is 2.96. The summed E-state index contributed by atoms with van der Waals surface area (Å²) in [6.07, 6.45) is 8.37. The molecule has 2 amide bonds. The largest absolute Gasteiger partial charge is 0.363 e. The lowest BCUT2D eigenvalue weighted by molar-refractivity contribution is -0.137. The van der Waals surface area contributed by atoms with Crippen LogP contribution in [-0.2, 0) is 9.59 Å². The number of nitrogens with zero attached hydrogens (tertiary/aromatic N) is 4. The number of aromatic nitrogens is 4. The molecule has 154 valence electrons. The van der Waals surface area contributed by atoms with Gasteiger partial charge in [-0.15, -0.1) is 0 Å². The van der Waals surface area contributed by atoms with E-state index in [1.54, 1.807) is 43.0 Å². The summed E-state index contributed by atoms with van der Waals surface area (Å²) in [6, 6.07) is 7.67. The molecule has 0 bridgehead atoms. The van der Waals surface area contributed by atoms with Gasteiger partial charge in [0, 0.05) is 30.4 Å². The molecule has 1 unspecified atom stereocenters. The number of pyridine rings is 2. The summed E-state index contributed by atoms with van der Waals surface area (Å²) in [5.41, 5.74) is 6.92. The van der Waals surface area contributed by atoms with E-state index in [1.807, 2.05) is 19.1 Å². The number of unbranched alkanes of at least 4 members (excludes halogenated alkanes) is 1. The van der Waals surface area contributed by atoms with Gasteiger partial charge in [-0.25, -0.2) is 9.67 Å². The number of hydrogen-bond acceptors (Lipinski definition) is 6. The number of carbonyl (C=O) groups is 3. The van der Waals surface area contributed by atoms with Crippen molar-refractivity contribution < 1.29 is 14.4 Å². The van der Waals surface area contributed by atoms with Crippen molar-refractivity contribution in [3.8, 4) is 17.1 Å². The summed E-state index contributed by atoms with van der Waals surface area (Å²) in [5, 5.41) is 7.11. The monoisotopic (exact) mass is 406 g/mol. The summed E-state index contributed by atoms with van der Waals surface area (Å²) in [4.78, 5) is 44.6. The SMILES string of the molecule is CCCCC(NC(=O)c1cccnc1-n1ccc(-c2ccncc2)n1)C(=O)C(N)=O. The van der Waals surface area contributed by atoms with Crippen LogP contribution in [0.2, 0.25) is 0 Å². The van der Waals surface area contributed by atoms with Crippen molar-refractivity contribution in [1.29, 1.82) is 0 Å². The molecule has 0 saturated carbocycles. The van der Waals surface area contributed by atoms with Crippen LogP contribution in [0.25, 0.3) is 17.1 Å². The molecule has 0 aliphatic heterocycles. The molecular weight excluding hydrogens is 384 g/mol. The molecule has 0 aromatic carbocycles. The van der Waals surface area contributed by atoms with Crippen molar-refractivity contribution in [2.45, 2.75) is 32.2 Å². The number of rotatable bonds is 9. The third-order valence-corrected chi connectivity index (χ3v) is 4.52. The van der Waals surface area contributed by atoms with Crippen LogP contribution < -0.4 is 11.1 Å². The van der Waals surface area contributed by atoms with Crippen molar-refractivity contribution in [1.82, 2.24) is 25.1 Å².